The van der Waals surface area contributed by atoms with Crippen LogP contribution >= 0.6 is 11.6 Å². The third-order valence-corrected chi connectivity index (χ3v) is 4.02. The second-order valence-corrected chi connectivity index (χ2v) is 6.12. The van der Waals surface area contributed by atoms with Crippen molar-refractivity contribution in [3.63, 3.8) is 0 Å². The van der Waals surface area contributed by atoms with Gasteiger partial charge in [-0.25, -0.2) is 4.99 Å². The van der Waals surface area contributed by atoms with Crippen molar-refractivity contribution in [2.24, 2.45) is 4.99 Å². The number of ether oxygens (including phenoxy) is 3. The third-order valence-electron chi connectivity index (χ3n) is 3.78. The molecule has 0 spiro atoms. The van der Waals surface area contributed by atoms with E-state index in [1.54, 1.807) is 0 Å². The van der Waals surface area contributed by atoms with Gasteiger partial charge in [0.15, 0.2) is 12.0 Å². The highest BCUT2D eigenvalue weighted by atomic mass is 35.5. The third kappa shape index (κ3) is 4.34. The van der Waals surface area contributed by atoms with E-state index in [9.17, 15) is 0 Å². The van der Waals surface area contributed by atoms with Crippen LogP contribution in [0.1, 0.15) is 19.4 Å². The van der Waals surface area contributed by atoms with Crippen LogP contribution in [-0.4, -0.2) is 18.6 Å². The molecule has 0 saturated carbocycles. The van der Waals surface area contributed by atoms with E-state index in [4.69, 9.17) is 25.8 Å². The second-order valence-electron chi connectivity index (χ2n) is 5.69. The van der Waals surface area contributed by atoms with Gasteiger partial charge in [0, 0.05) is 5.02 Å². The molecule has 0 unspecified atom stereocenters. The van der Waals surface area contributed by atoms with Gasteiger partial charge in [0.1, 0.15) is 17.3 Å². The van der Waals surface area contributed by atoms with Crippen LogP contribution in [0.2, 0.25) is 5.02 Å². The first-order valence-electron chi connectivity index (χ1n) is 8.17. The van der Waals surface area contributed by atoms with E-state index in [0.717, 1.165) is 17.0 Å². The molecule has 0 aromatic heterocycles. The zero-order valence-corrected chi connectivity index (χ0v) is 15.0. The minimum Gasteiger partial charge on any atom is -0.495 e. The zero-order valence-electron chi connectivity index (χ0n) is 14.3. The molecule has 1 aliphatic rings. The van der Waals surface area contributed by atoms with Crippen LogP contribution < -0.4 is 9.47 Å². The minimum atomic E-state index is -0.217. The molecule has 1 atom stereocenters. The molecule has 0 saturated heterocycles. The number of nitrogens with zero attached hydrogens (tertiary/aromatic N) is 1. The summed E-state index contributed by atoms with van der Waals surface area (Å²) in [5.74, 6) is 2.70. The van der Waals surface area contributed by atoms with Gasteiger partial charge >= 0.3 is 0 Å². The minimum absolute atomic E-state index is 0.217. The Morgan fingerprint density at radius 3 is 2.64 bits per heavy atom. The predicted molar refractivity (Wildman–Crippen MR) is 100 cm³/mol. The Morgan fingerprint density at radius 1 is 1.20 bits per heavy atom. The Morgan fingerprint density at radius 2 is 1.92 bits per heavy atom. The van der Waals surface area contributed by atoms with Crippen LogP contribution in [0.4, 0.5) is 5.69 Å². The van der Waals surface area contributed by atoms with Crippen LogP contribution in [0.5, 0.6) is 11.5 Å². The van der Waals surface area contributed by atoms with Gasteiger partial charge < -0.3 is 14.2 Å². The highest BCUT2D eigenvalue weighted by molar-refractivity contribution is 6.30. The topological polar surface area (TPSA) is 40.0 Å². The van der Waals surface area contributed by atoms with Crippen molar-refractivity contribution < 1.29 is 14.2 Å². The normalized spacial score (nSPS) is 13.6. The molecule has 3 rings (SSSR count). The molecule has 0 radical (unpaired) electrons. The second kappa shape index (κ2) is 7.62. The number of aliphatic imine (C=N–C) groups is 1. The first-order valence-corrected chi connectivity index (χ1v) is 8.55. The summed E-state index contributed by atoms with van der Waals surface area (Å²) in [6.07, 6.45) is 0.421. The molecule has 1 heterocycles. The Kier molecular flexibility index (Phi) is 5.29. The molecular formula is C20H20ClNO3. The summed E-state index contributed by atoms with van der Waals surface area (Å²) < 4.78 is 17.0. The Balaban J connectivity index is 1.59. The van der Waals surface area contributed by atoms with Crippen molar-refractivity contribution >= 4 is 23.2 Å². The van der Waals surface area contributed by atoms with Crippen LogP contribution in [0.25, 0.3) is 0 Å². The average Bonchev–Trinajstić information content (AvgIpc) is 2.98. The van der Waals surface area contributed by atoms with Crippen molar-refractivity contribution in [2.45, 2.75) is 26.4 Å². The van der Waals surface area contributed by atoms with Gasteiger partial charge in [0.25, 0.3) is 0 Å². The van der Waals surface area contributed by atoms with Gasteiger partial charge in [-0.05, 0) is 61.9 Å². The lowest BCUT2D eigenvalue weighted by Crippen LogP contribution is -2.16. The van der Waals surface area contributed by atoms with E-state index in [-0.39, 0.29) is 6.10 Å². The molecule has 0 amide bonds. The molecule has 0 fully saturated rings. The number of rotatable bonds is 6. The molecule has 2 aromatic rings. The standard InChI is InChI=1S/C20H20ClNO3/c1-4-23-13(2)14(3)24-17-6-8-18(9-7-17)25-20-12-15-11-16(21)5-10-19(15)22-20/h5-11,14H,2,4,12H2,1,3H3/t14-/m1/s1. The van der Waals surface area contributed by atoms with Gasteiger partial charge in [-0.1, -0.05) is 18.2 Å². The number of benzene rings is 2. The van der Waals surface area contributed by atoms with E-state index in [2.05, 4.69) is 11.6 Å². The summed E-state index contributed by atoms with van der Waals surface area (Å²) >= 11 is 6.01. The summed E-state index contributed by atoms with van der Waals surface area (Å²) in [7, 11) is 0. The molecular weight excluding hydrogens is 338 g/mol. The van der Waals surface area contributed by atoms with Crippen LogP contribution in [0.3, 0.4) is 0 Å². The largest absolute Gasteiger partial charge is 0.495 e. The monoisotopic (exact) mass is 357 g/mol. The van der Waals surface area contributed by atoms with Crippen molar-refractivity contribution in [1.82, 2.24) is 0 Å². The fourth-order valence-electron chi connectivity index (χ4n) is 2.50. The molecule has 4 nitrogen and oxygen atoms in total. The molecule has 25 heavy (non-hydrogen) atoms. The summed E-state index contributed by atoms with van der Waals surface area (Å²) in [5.41, 5.74) is 1.98. The molecule has 130 valence electrons. The highest BCUT2D eigenvalue weighted by Gasteiger charge is 2.17. The molecule has 0 N–H and O–H groups in total. The molecule has 1 aliphatic heterocycles. The highest BCUT2D eigenvalue weighted by Crippen LogP contribution is 2.30. The van der Waals surface area contributed by atoms with E-state index in [0.29, 0.717) is 35.5 Å². The lowest BCUT2D eigenvalue weighted by atomic mass is 10.1. The number of hydrogen-bond acceptors (Lipinski definition) is 4. The summed E-state index contributed by atoms with van der Waals surface area (Å²) in [4.78, 5) is 4.48. The van der Waals surface area contributed by atoms with E-state index in [1.165, 1.54) is 0 Å². The molecule has 0 bridgehead atoms. The van der Waals surface area contributed by atoms with Crippen LogP contribution in [-0.2, 0) is 11.2 Å². The fraction of sp³-hybridized carbons (Fsp3) is 0.250. The van der Waals surface area contributed by atoms with Crippen molar-refractivity contribution in [3.05, 3.63) is 65.4 Å². The Bertz CT molecular complexity index is 799. The lowest BCUT2D eigenvalue weighted by Gasteiger charge is -2.17. The quantitative estimate of drug-likeness (QED) is 0.656. The van der Waals surface area contributed by atoms with Crippen LogP contribution in [0, 0.1) is 0 Å². The van der Waals surface area contributed by atoms with E-state index in [1.807, 2.05) is 56.3 Å². The maximum atomic E-state index is 6.01. The van der Waals surface area contributed by atoms with Gasteiger partial charge in [0.05, 0.1) is 18.7 Å². The van der Waals surface area contributed by atoms with Gasteiger partial charge in [-0.15, -0.1) is 0 Å². The predicted octanol–water partition coefficient (Wildman–Crippen LogP) is 5.32. The van der Waals surface area contributed by atoms with Crippen molar-refractivity contribution in [1.29, 1.82) is 0 Å². The van der Waals surface area contributed by atoms with Gasteiger partial charge in [-0.2, -0.15) is 0 Å². The molecule has 5 heteroatoms. The Labute approximate surface area is 152 Å². The fourth-order valence-corrected chi connectivity index (χ4v) is 2.69. The van der Waals surface area contributed by atoms with E-state index >= 15 is 0 Å². The number of hydrogen-bond donors (Lipinski definition) is 0. The SMILES string of the molecule is C=C(OCC)[C@@H](C)Oc1ccc(OC2=Nc3ccc(Cl)cc3C2)cc1. The first kappa shape index (κ1) is 17.4. The lowest BCUT2D eigenvalue weighted by molar-refractivity contribution is 0.135. The number of fused-ring (bicyclic) bond motifs is 1. The maximum absolute atomic E-state index is 6.01. The number of halogens is 1. The smallest absolute Gasteiger partial charge is 0.199 e. The first-order chi connectivity index (χ1) is 12.0. The average molecular weight is 358 g/mol. The summed E-state index contributed by atoms with van der Waals surface area (Å²) in [6.45, 7) is 8.25. The van der Waals surface area contributed by atoms with Crippen molar-refractivity contribution in [3.8, 4) is 11.5 Å². The maximum Gasteiger partial charge on any atom is 0.199 e. The van der Waals surface area contributed by atoms with Crippen LogP contribution in [0.15, 0.2) is 59.8 Å². The van der Waals surface area contributed by atoms with E-state index < -0.39 is 0 Å². The zero-order chi connectivity index (χ0) is 17.8. The molecule has 2 aromatic carbocycles. The molecule has 0 aliphatic carbocycles. The Hall–Kier alpha value is -2.46. The van der Waals surface area contributed by atoms with Crippen molar-refractivity contribution in [2.75, 3.05) is 6.61 Å². The van der Waals surface area contributed by atoms with Gasteiger partial charge in [0.2, 0.25) is 0 Å². The summed E-state index contributed by atoms with van der Waals surface area (Å²) in [5, 5.41) is 0.708. The summed E-state index contributed by atoms with van der Waals surface area (Å²) in [6, 6.07) is 13.1. The van der Waals surface area contributed by atoms with Gasteiger partial charge in [-0.3, -0.25) is 0 Å².